The molecule has 2 atom stereocenters. The number of rotatable bonds is 1. The number of carbonyl (C=O) groups excluding carboxylic acids is 1. The van der Waals surface area contributed by atoms with Crippen LogP contribution in [-0.2, 0) is 4.74 Å². The normalized spacial score (nSPS) is 30.2. The fraction of sp³-hybridized carbons (Fsp3) is 0.700. The van der Waals surface area contributed by atoms with Crippen LogP contribution in [0.4, 0.5) is 4.79 Å². The molecule has 4 heteroatoms. The summed E-state index contributed by atoms with van der Waals surface area (Å²) in [4.78, 5) is 13.3. The van der Waals surface area contributed by atoms with Crippen LogP contribution < -0.4 is 5.32 Å². The summed E-state index contributed by atoms with van der Waals surface area (Å²) in [6.45, 7) is 7.92. The number of carbonyl (C=O) groups is 1. The summed E-state index contributed by atoms with van der Waals surface area (Å²) < 4.78 is 4.96. The lowest BCUT2D eigenvalue weighted by atomic mass is 10.1. The van der Waals surface area contributed by atoms with E-state index >= 15 is 0 Å². The van der Waals surface area contributed by atoms with Crippen molar-refractivity contribution in [3.05, 3.63) is 12.3 Å². The molecule has 0 spiro atoms. The van der Waals surface area contributed by atoms with Crippen molar-refractivity contribution in [1.82, 2.24) is 10.2 Å². The average Bonchev–Trinajstić information content (AvgIpc) is 2.58. The molecule has 14 heavy (non-hydrogen) atoms. The Morgan fingerprint density at radius 1 is 1.57 bits per heavy atom. The van der Waals surface area contributed by atoms with Gasteiger partial charge in [0.25, 0.3) is 0 Å². The summed E-state index contributed by atoms with van der Waals surface area (Å²) in [5, 5.41) is 3.38. The first-order valence-electron chi connectivity index (χ1n) is 5.02. The lowest BCUT2D eigenvalue weighted by Crippen LogP contribution is -2.34. The van der Waals surface area contributed by atoms with Crippen molar-refractivity contribution in [1.29, 1.82) is 0 Å². The molecule has 2 rings (SSSR count). The van der Waals surface area contributed by atoms with Crippen molar-refractivity contribution in [3.8, 4) is 0 Å². The van der Waals surface area contributed by atoms with Gasteiger partial charge in [-0.25, -0.2) is 4.79 Å². The van der Waals surface area contributed by atoms with Gasteiger partial charge in [-0.2, -0.15) is 0 Å². The second-order valence-electron chi connectivity index (χ2n) is 4.08. The minimum absolute atomic E-state index is 0.256. The summed E-state index contributed by atoms with van der Waals surface area (Å²) in [7, 11) is 0. The summed E-state index contributed by atoms with van der Waals surface area (Å²) in [5.74, 6) is 1.08. The lowest BCUT2D eigenvalue weighted by molar-refractivity contribution is 0.136. The molecule has 0 aromatic carbocycles. The van der Waals surface area contributed by atoms with Crippen LogP contribution in [0.1, 0.15) is 13.3 Å². The monoisotopic (exact) mass is 196 g/mol. The molecule has 0 aliphatic carbocycles. The highest BCUT2D eigenvalue weighted by molar-refractivity contribution is 5.69. The number of likely N-dealkylation sites (tertiary alicyclic amines) is 1. The second-order valence-corrected chi connectivity index (χ2v) is 4.08. The Bertz CT molecular complexity index is 253. The second kappa shape index (κ2) is 3.61. The van der Waals surface area contributed by atoms with E-state index < -0.39 is 0 Å². The van der Waals surface area contributed by atoms with Gasteiger partial charge in [0.2, 0.25) is 0 Å². The van der Waals surface area contributed by atoms with Gasteiger partial charge in [-0.1, -0.05) is 6.58 Å². The van der Waals surface area contributed by atoms with Crippen LogP contribution in [0.25, 0.3) is 0 Å². The highest BCUT2D eigenvalue weighted by atomic mass is 16.6. The van der Waals surface area contributed by atoms with Crippen molar-refractivity contribution in [2.45, 2.75) is 19.4 Å². The molecule has 2 aliphatic rings. The predicted octanol–water partition coefficient (Wildman–Crippen LogP) is 0.950. The number of ether oxygens (including phenoxy) is 1. The molecule has 2 fully saturated rings. The van der Waals surface area contributed by atoms with Crippen LogP contribution in [0.3, 0.4) is 0 Å². The SMILES string of the molecule is C=C(C)OC(=O)N1CC2CCNC2C1. The molecule has 0 aromatic rings. The number of hydrogen-bond acceptors (Lipinski definition) is 3. The van der Waals surface area contributed by atoms with E-state index in [1.165, 1.54) is 6.42 Å². The Hall–Kier alpha value is -1.03. The van der Waals surface area contributed by atoms with E-state index in [1.54, 1.807) is 11.8 Å². The van der Waals surface area contributed by atoms with Gasteiger partial charge in [0, 0.05) is 19.1 Å². The molecular formula is C10H16N2O2. The zero-order chi connectivity index (χ0) is 10.1. The fourth-order valence-electron chi connectivity index (χ4n) is 2.21. The molecule has 0 bridgehead atoms. The Balaban J connectivity index is 1.89. The standard InChI is InChI=1S/C10H16N2O2/c1-7(2)14-10(13)12-5-8-3-4-11-9(8)6-12/h8-9,11H,1,3-6H2,2H3. The lowest BCUT2D eigenvalue weighted by Gasteiger charge is -2.16. The fourth-order valence-corrected chi connectivity index (χ4v) is 2.21. The largest absolute Gasteiger partial charge is 0.416 e. The summed E-state index contributed by atoms with van der Waals surface area (Å²) in [6, 6.07) is 0.479. The van der Waals surface area contributed by atoms with Gasteiger partial charge < -0.3 is 15.0 Å². The van der Waals surface area contributed by atoms with Crippen molar-refractivity contribution < 1.29 is 9.53 Å². The third kappa shape index (κ3) is 1.75. The first-order chi connectivity index (χ1) is 6.66. The zero-order valence-electron chi connectivity index (χ0n) is 8.45. The van der Waals surface area contributed by atoms with Gasteiger partial charge in [-0.3, -0.25) is 0 Å². The van der Waals surface area contributed by atoms with Gasteiger partial charge in [0.15, 0.2) is 0 Å². The maximum atomic E-state index is 11.5. The smallest absolute Gasteiger partial charge is 0.414 e. The highest BCUT2D eigenvalue weighted by Crippen LogP contribution is 2.25. The Morgan fingerprint density at radius 2 is 2.36 bits per heavy atom. The van der Waals surface area contributed by atoms with E-state index in [2.05, 4.69) is 11.9 Å². The maximum absolute atomic E-state index is 11.5. The van der Waals surface area contributed by atoms with Crippen LogP contribution in [-0.4, -0.2) is 36.7 Å². The van der Waals surface area contributed by atoms with E-state index in [0.29, 0.717) is 17.7 Å². The van der Waals surface area contributed by atoms with Crippen LogP contribution >= 0.6 is 0 Å². The first-order valence-corrected chi connectivity index (χ1v) is 5.02. The third-order valence-electron chi connectivity index (χ3n) is 2.88. The van der Waals surface area contributed by atoms with Crippen LogP contribution in [0, 0.1) is 5.92 Å². The quantitative estimate of drug-likeness (QED) is 0.635. The van der Waals surface area contributed by atoms with E-state index in [0.717, 1.165) is 19.6 Å². The molecule has 2 aliphatic heterocycles. The Morgan fingerprint density at radius 3 is 3.00 bits per heavy atom. The Kier molecular flexibility index (Phi) is 2.46. The number of nitrogens with zero attached hydrogens (tertiary/aromatic N) is 1. The molecule has 78 valence electrons. The average molecular weight is 196 g/mol. The number of hydrogen-bond donors (Lipinski definition) is 1. The third-order valence-corrected chi connectivity index (χ3v) is 2.88. The first kappa shape index (κ1) is 9.52. The van der Waals surface area contributed by atoms with Gasteiger partial charge in [-0.05, 0) is 25.8 Å². The van der Waals surface area contributed by atoms with Gasteiger partial charge in [-0.15, -0.1) is 0 Å². The van der Waals surface area contributed by atoms with Crippen molar-refractivity contribution in [2.24, 2.45) is 5.92 Å². The molecule has 2 saturated heterocycles. The summed E-state index contributed by atoms with van der Waals surface area (Å²) in [5.41, 5.74) is 0. The minimum atomic E-state index is -0.256. The maximum Gasteiger partial charge on any atom is 0.414 e. The topological polar surface area (TPSA) is 41.6 Å². The molecular weight excluding hydrogens is 180 g/mol. The zero-order valence-corrected chi connectivity index (χ0v) is 8.45. The molecule has 0 saturated carbocycles. The molecule has 2 heterocycles. The molecule has 4 nitrogen and oxygen atoms in total. The van der Waals surface area contributed by atoms with Crippen molar-refractivity contribution in [3.63, 3.8) is 0 Å². The number of fused-ring (bicyclic) bond motifs is 1. The van der Waals surface area contributed by atoms with Gasteiger partial charge in [0.1, 0.15) is 0 Å². The van der Waals surface area contributed by atoms with E-state index in [1.807, 2.05) is 0 Å². The van der Waals surface area contributed by atoms with E-state index in [9.17, 15) is 4.79 Å². The number of amides is 1. The molecule has 0 aromatic heterocycles. The van der Waals surface area contributed by atoms with Crippen LogP contribution in [0.2, 0.25) is 0 Å². The molecule has 1 amide bonds. The minimum Gasteiger partial charge on any atom is -0.416 e. The van der Waals surface area contributed by atoms with Gasteiger partial charge >= 0.3 is 6.09 Å². The Labute approximate surface area is 83.9 Å². The van der Waals surface area contributed by atoms with Crippen LogP contribution in [0.15, 0.2) is 12.3 Å². The molecule has 1 N–H and O–H groups in total. The van der Waals surface area contributed by atoms with Crippen molar-refractivity contribution >= 4 is 6.09 Å². The predicted molar refractivity (Wildman–Crippen MR) is 52.8 cm³/mol. The van der Waals surface area contributed by atoms with Crippen LogP contribution in [0.5, 0.6) is 0 Å². The van der Waals surface area contributed by atoms with Gasteiger partial charge in [0.05, 0.1) is 5.76 Å². The molecule has 2 unspecified atom stereocenters. The summed E-state index contributed by atoms with van der Waals surface area (Å²) in [6.07, 6.45) is 0.912. The summed E-state index contributed by atoms with van der Waals surface area (Å²) >= 11 is 0. The number of nitrogens with one attached hydrogen (secondary N) is 1. The number of allylic oxidation sites excluding steroid dienone is 1. The highest BCUT2D eigenvalue weighted by Gasteiger charge is 2.38. The van der Waals surface area contributed by atoms with E-state index in [4.69, 9.17) is 4.74 Å². The van der Waals surface area contributed by atoms with E-state index in [-0.39, 0.29) is 6.09 Å². The van der Waals surface area contributed by atoms with Crippen molar-refractivity contribution in [2.75, 3.05) is 19.6 Å². The molecule has 0 radical (unpaired) electrons.